The van der Waals surface area contributed by atoms with Gasteiger partial charge >= 0.3 is 5.97 Å². The number of carbonyl (C=O) groups is 1. The number of H-pyrrole nitrogens is 1. The standard InChI is InChI=1S/C6H6N2O2S/c1-3-4(5(9)10)2-7-6(11)8-3/h2H,1H3,(H,9,10)(H,7,8,11). The van der Waals surface area contributed by atoms with Gasteiger partial charge in [-0.2, -0.15) is 0 Å². The Morgan fingerprint density at radius 2 is 2.45 bits per heavy atom. The van der Waals surface area contributed by atoms with Gasteiger partial charge in [0.1, 0.15) is 0 Å². The van der Waals surface area contributed by atoms with Crippen molar-refractivity contribution in [3.05, 3.63) is 22.2 Å². The lowest BCUT2D eigenvalue weighted by molar-refractivity contribution is 0.0695. The lowest BCUT2D eigenvalue weighted by Gasteiger charge is -1.97. The Kier molecular flexibility index (Phi) is 2.00. The Bertz CT molecular complexity index is 345. The SMILES string of the molecule is Cc1[nH]c(=S)ncc1C(=O)O. The molecule has 0 radical (unpaired) electrons. The molecule has 0 amide bonds. The molecule has 1 rings (SSSR count). The van der Waals surface area contributed by atoms with Crippen LogP contribution in [0.5, 0.6) is 0 Å². The second-order valence-electron chi connectivity index (χ2n) is 2.03. The number of hydrogen-bond donors (Lipinski definition) is 2. The molecule has 58 valence electrons. The van der Waals surface area contributed by atoms with Crippen molar-refractivity contribution >= 4 is 18.2 Å². The first-order valence-electron chi connectivity index (χ1n) is 2.90. The summed E-state index contributed by atoms with van der Waals surface area (Å²) in [6.45, 7) is 1.64. The number of aryl methyl sites for hydroxylation is 1. The molecule has 0 aliphatic heterocycles. The molecule has 0 saturated heterocycles. The summed E-state index contributed by atoms with van der Waals surface area (Å²) >= 11 is 4.69. The predicted molar refractivity (Wildman–Crippen MR) is 41.1 cm³/mol. The highest BCUT2D eigenvalue weighted by molar-refractivity contribution is 7.71. The summed E-state index contributed by atoms with van der Waals surface area (Å²) < 4.78 is 0.299. The maximum Gasteiger partial charge on any atom is 0.339 e. The second kappa shape index (κ2) is 2.79. The molecule has 0 spiro atoms. The van der Waals surface area contributed by atoms with Gasteiger partial charge < -0.3 is 10.1 Å². The van der Waals surface area contributed by atoms with E-state index in [1.165, 1.54) is 6.20 Å². The molecule has 2 N–H and O–H groups in total. The fourth-order valence-corrected chi connectivity index (χ4v) is 0.901. The highest BCUT2D eigenvalue weighted by Gasteiger charge is 2.05. The zero-order valence-electron chi connectivity index (χ0n) is 5.79. The van der Waals surface area contributed by atoms with Crippen LogP contribution in [0.15, 0.2) is 6.20 Å². The quantitative estimate of drug-likeness (QED) is 0.620. The minimum Gasteiger partial charge on any atom is -0.478 e. The minimum absolute atomic E-state index is 0.151. The molecule has 0 bridgehead atoms. The number of carboxylic acids is 1. The third-order valence-electron chi connectivity index (χ3n) is 1.24. The predicted octanol–water partition coefficient (Wildman–Crippen LogP) is 1.15. The van der Waals surface area contributed by atoms with E-state index < -0.39 is 5.97 Å². The second-order valence-corrected chi connectivity index (χ2v) is 2.42. The fourth-order valence-electron chi connectivity index (χ4n) is 0.696. The Hall–Kier alpha value is -1.23. The first-order valence-corrected chi connectivity index (χ1v) is 3.31. The van der Waals surface area contributed by atoms with Crippen LogP contribution >= 0.6 is 12.2 Å². The van der Waals surface area contributed by atoms with Gasteiger partial charge in [-0.1, -0.05) is 0 Å². The summed E-state index contributed by atoms with van der Waals surface area (Å²) in [5.74, 6) is -0.999. The Labute approximate surface area is 67.9 Å². The number of aromatic amines is 1. The first kappa shape index (κ1) is 7.87. The van der Waals surface area contributed by atoms with Gasteiger partial charge in [-0.05, 0) is 19.1 Å². The van der Waals surface area contributed by atoms with E-state index in [0.717, 1.165) is 0 Å². The van der Waals surface area contributed by atoms with Gasteiger partial charge in [0.05, 0.1) is 5.56 Å². The molecule has 0 aliphatic carbocycles. The smallest absolute Gasteiger partial charge is 0.339 e. The normalized spacial score (nSPS) is 9.55. The average molecular weight is 170 g/mol. The highest BCUT2D eigenvalue weighted by atomic mass is 32.1. The topological polar surface area (TPSA) is 66.0 Å². The zero-order valence-corrected chi connectivity index (χ0v) is 6.60. The highest BCUT2D eigenvalue weighted by Crippen LogP contribution is 2.00. The van der Waals surface area contributed by atoms with Crippen LogP contribution in [0.4, 0.5) is 0 Å². The molecule has 5 heteroatoms. The van der Waals surface area contributed by atoms with Crippen molar-refractivity contribution in [3.8, 4) is 0 Å². The van der Waals surface area contributed by atoms with E-state index in [0.29, 0.717) is 10.5 Å². The lowest BCUT2D eigenvalue weighted by Crippen LogP contribution is -2.02. The summed E-state index contributed by atoms with van der Waals surface area (Å²) in [5, 5.41) is 8.56. The van der Waals surface area contributed by atoms with Crippen LogP contribution in [0.3, 0.4) is 0 Å². The van der Waals surface area contributed by atoms with Crippen LogP contribution in [0, 0.1) is 11.7 Å². The number of nitrogens with zero attached hydrogens (tertiary/aromatic N) is 1. The van der Waals surface area contributed by atoms with Crippen LogP contribution < -0.4 is 0 Å². The Morgan fingerprint density at radius 3 is 2.91 bits per heavy atom. The summed E-state index contributed by atoms with van der Waals surface area (Å²) in [4.78, 5) is 16.7. The van der Waals surface area contributed by atoms with Gasteiger partial charge in [0.25, 0.3) is 0 Å². The summed E-state index contributed by atoms with van der Waals surface area (Å²) in [6.07, 6.45) is 1.25. The number of aromatic nitrogens is 2. The van der Waals surface area contributed by atoms with Crippen LogP contribution in [0.1, 0.15) is 16.1 Å². The number of aromatic carboxylic acids is 1. The van der Waals surface area contributed by atoms with E-state index in [9.17, 15) is 4.79 Å². The van der Waals surface area contributed by atoms with Crippen molar-refractivity contribution in [1.29, 1.82) is 0 Å². The van der Waals surface area contributed by atoms with Crippen molar-refractivity contribution in [2.45, 2.75) is 6.92 Å². The van der Waals surface area contributed by atoms with E-state index in [4.69, 9.17) is 5.11 Å². The van der Waals surface area contributed by atoms with Gasteiger partial charge in [0, 0.05) is 11.9 Å². The van der Waals surface area contributed by atoms with Crippen molar-refractivity contribution in [1.82, 2.24) is 9.97 Å². The number of carboxylic acid groups (broad SMARTS) is 1. The molecular formula is C6H6N2O2S. The number of rotatable bonds is 1. The van der Waals surface area contributed by atoms with Gasteiger partial charge in [-0.3, -0.25) is 0 Å². The summed E-state index contributed by atoms with van der Waals surface area (Å²) in [6, 6.07) is 0. The van der Waals surface area contributed by atoms with Crippen LogP contribution in [0.2, 0.25) is 0 Å². The van der Waals surface area contributed by atoms with E-state index in [1.807, 2.05) is 0 Å². The lowest BCUT2D eigenvalue weighted by atomic mass is 10.2. The minimum atomic E-state index is -0.999. The molecule has 1 aromatic heterocycles. The van der Waals surface area contributed by atoms with Crippen molar-refractivity contribution in [3.63, 3.8) is 0 Å². The van der Waals surface area contributed by atoms with Gasteiger partial charge in [0.2, 0.25) is 0 Å². The van der Waals surface area contributed by atoms with E-state index in [1.54, 1.807) is 6.92 Å². The van der Waals surface area contributed by atoms with Gasteiger partial charge in [0.15, 0.2) is 4.77 Å². The van der Waals surface area contributed by atoms with Crippen molar-refractivity contribution in [2.24, 2.45) is 0 Å². The first-order chi connectivity index (χ1) is 5.11. The van der Waals surface area contributed by atoms with E-state index >= 15 is 0 Å². The molecule has 0 aliphatic rings. The molecule has 1 aromatic rings. The van der Waals surface area contributed by atoms with Crippen LogP contribution in [0.25, 0.3) is 0 Å². The third kappa shape index (κ3) is 1.62. The molecule has 0 saturated carbocycles. The van der Waals surface area contributed by atoms with E-state index in [-0.39, 0.29) is 5.56 Å². The van der Waals surface area contributed by atoms with Crippen LogP contribution in [-0.2, 0) is 0 Å². The fraction of sp³-hybridized carbons (Fsp3) is 0.167. The molecular weight excluding hydrogens is 164 g/mol. The molecule has 0 aromatic carbocycles. The summed E-state index contributed by atoms with van der Waals surface area (Å²) in [7, 11) is 0. The maximum atomic E-state index is 10.4. The molecule has 11 heavy (non-hydrogen) atoms. The van der Waals surface area contributed by atoms with Crippen molar-refractivity contribution in [2.75, 3.05) is 0 Å². The van der Waals surface area contributed by atoms with E-state index in [2.05, 4.69) is 22.2 Å². The Balaban J connectivity index is 3.31. The molecule has 0 fully saturated rings. The molecule has 1 heterocycles. The average Bonchev–Trinajstić information content (AvgIpc) is 1.85. The number of hydrogen-bond acceptors (Lipinski definition) is 3. The molecule has 0 atom stereocenters. The summed E-state index contributed by atoms with van der Waals surface area (Å²) in [5.41, 5.74) is 0.677. The van der Waals surface area contributed by atoms with Crippen LogP contribution in [-0.4, -0.2) is 21.0 Å². The molecule has 0 unspecified atom stereocenters. The monoisotopic (exact) mass is 170 g/mol. The maximum absolute atomic E-state index is 10.4. The number of nitrogens with one attached hydrogen (secondary N) is 1. The van der Waals surface area contributed by atoms with Gasteiger partial charge in [-0.15, -0.1) is 0 Å². The third-order valence-corrected chi connectivity index (χ3v) is 1.45. The molecule has 4 nitrogen and oxygen atoms in total. The Morgan fingerprint density at radius 1 is 1.82 bits per heavy atom. The van der Waals surface area contributed by atoms with Gasteiger partial charge in [-0.25, -0.2) is 9.78 Å². The zero-order chi connectivity index (χ0) is 8.43. The largest absolute Gasteiger partial charge is 0.478 e. The van der Waals surface area contributed by atoms with Crippen molar-refractivity contribution < 1.29 is 9.90 Å².